The number of carbonyl (C=O) groups excluding carboxylic acids is 1. The van der Waals surface area contributed by atoms with Gasteiger partial charge in [0.2, 0.25) is 0 Å². The van der Waals surface area contributed by atoms with E-state index in [1.807, 2.05) is 17.5 Å². The van der Waals surface area contributed by atoms with Crippen molar-refractivity contribution >= 4 is 22.4 Å². The van der Waals surface area contributed by atoms with Gasteiger partial charge < -0.3 is 14.5 Å². The molecule has 0 aliphatic carbocycles. The summed E-state index contributed by atoms with van der Waals surface area (Å²) >= 11 is 1.45. The first-order valence-electron chi connectivity index (χ1n) is 8.22. The van der Waals surface area contributed by atoms with E-state index in [-0.39, 0.29) is 5.91 Å². The van der Waals surface area contributed by atoms with Gasteiger partial charge in [-0.15, -0.1) is 11.3 Å². The molecular weight excluding hydrogens is 324 g/mol. The maximum absolute atomic E-state index is 12.0. The maximum Gasteiger partial charge on any atom is 0.281 e. The fourth-order valence-corrected chi connectivity index (χ4v) is 3.60. The number of carbonyl (C=O) groups is 1. The van der Waals surface area contributed by atoms with Crippen LogP contribution < -0.4 is 19.9 Å². The molecule has 0 bridgehead atoms. The molecular formula is C17H24N4O2S+2. The summed E-state index contributed by atoms with van der Waals surface area (Å²) in [5.41, 5.74) is 1.30. The lowest BCUT2D eigenvalue weighted by Crippen LogP contribution is -3.28. The Morgan fingerprint density at radius 3 is 2.79 bits per heavy atom. The van der Waals surface area contributed by atoms with Crippen LogP contribution in [0.15, 0.2) is 35.8 Å². The number of hydrogen-bond donors (Lipinski definition) is 3. The lowest BCUT2D eigenvalue weighted by molar-refractivity contribution is -1.02. The number of quaternary nitrogens is 2. The second-order valence-corrected chi connectivity index (χ2v) is 6.99. The number of aromatic nitrogens is 1. The van der Waals surface area contributed by atoms with Gasteiger partial charge in [0.25, 0.3) is 5.91 Å². The second-order valence-electron chi connectivity index (χ2n) is 6.09. The number of methoxy groups -OCH3 is 1. The molecule has 2 heterocycles. The maximum atomic E-state index is 12.0. The molecule has 1 aromatic heterocycles. The Bertz CT molecular complexity index is 654. The van der Waals surface area contributed by atoms with Crippen molar-refractivity contribution in [2.45, 2.75) is 6.54 Å². The number of piperazine rings is 1. The van der Waals surface area contributed by atoms with Crippen LogP contribution in [0.3, 0.4) is 0 Å². The van der Waals surface area contributed by atoms with Gasteiger partial charge >= 0.3 is 0 Å². The molecule has 7 heteroatoms. The van der Waals surface area contributed by atoms with Gasteiger partial charge in [-0.3, -0.25) is 10.1 Å². The van der Waals surface area contributed by atoms with Crippen molar-refractivity contribution in [3.63, 3.8) is 0 Å². The van der Waals surface area contributed by atoms with E-state index in [1.165, 1.54) is 21.8 Å². The van der Waals surface area contributed by atoms with E-state index in [9.17, 15) is 4.79 Å². The molecule has 2 aromatic rings. The number of benzene rings is 1. The van der Waals surface area contributed by atoms with Crippen LogP contribution in [0.5, 0.6) is 5.75 Å². The summed E-state index contributed by atoms with van der Waals surface area (Å²) < 4.78 is 5.29. The van der Waals surface area contributed by atoms with Crippen LogP contribution in [-0.2, 0) is 11.3 Å². The monoisotopic (exact) mass is 348 g/mol. The van der Waals surface area contributed by atoms with Crippen molar-refractivity contribution < 1.29 is 19.3 Å². The van der Waals surface area contributed by atoms with Gasteiger partial charge in [0.05, 0.1) is 7.11 Å². The minimum Gasteiger partial charge on any atom is -0.497 e. The molecule has 6 nitrogen and oxygen atoms in total. The third-order valence-corrected chi connectivity index (χ3v) is 5.03. The predicted octanol–water partition coefficient (Wildman–Crippen LogP) is -0.926. The average Bonchev–Trinajstić information content (AvgIpc) is 3.09. The van der Waals surface area contributed by atoms with E-state index in [4.69, 9.17) is 4.74 Å². The molecule has 128 valence electrons. The molecule has 0 radical (unpaired) electrons. The number of ether oxygens (including phenoxy) is 1. The Kier molecular flexibility index (Phi) is 5.79. The van der Waals surface area contributed by atoms with Crippen LogP contribution in [0.2, 0.25) is 0 Å². The molecule has 0 atom stereocenters. The Hall–Kier alpha value is -1.96. The number of rotatable bonds is 6. The first kappa shape index (κ1) is 16.9. The van der Waals surface area contributed by atoms with Gasteiger partial charge in [0, 0.05) is 17.1 Å². The molecule has 0 spiro atoms. The third-order valence-electron chi connectivity index (χ3n) is 4.34. The summed E-state index contributed by atoms with van der Waals surface area (Å²) in [6.45, 7) is 5.73. The molecule has 0 saturated carbocycles. The number of hydrogen-bond acceptors (Lipinski definition) is 4. The second kappa shape index (κ2) is 8.23. The summed E-state index contributed by atoms with van der Waals surface area (Å²) in [5, 5.41) is 5.41. The Morgan fingerprint density at radius 2 is 2.08 bits per heavy atom. The normalized spacial score (nSPS) is 20.5. The molecule has 1 fully saturated rings. The summed E-state index contributed by atoms with van der Waals surface area (Å²) in [5.74, 6) is 0.964. The van der Waals surface area contributed by atoms with E-state index in [0.29, 0.717) is 11.7 Å². The van der Waals surface area contributed by atoms with Crippen molar-refractivity contribution in [3.05, 3.63) is 41.4 Å². The number of nitrogens with one attached hydrogen (secondary N) is 3. The van der Waals surface area contributed by atoms with Gasteiger partial charge in [-0.2, -0.15) is 0 Å². The fourth-order valence-electron chi connectivity index (χ4n) is 3.06. The van der Waals surface area contributed by atoms with Crippen LogP contribution in [0, 0.1) is 0 Å². The van der Waals surface area contributed by atoms with Crippen molar-refractivity contribution in [2.75, 3.05) is 45.2 Å². The average molecular weight is 348 g/mol. The molecule has 1 aliphatic heterocycles. The van der Waals surface area contributed by atoms with Gasteiger partial charge in [-0.1, -0.05) is 12.1 Å². The molecule has 3 rings (SSSR count). The number of anilines is 1. The van der Waals surface area contributed by atoms with Gasteiger partial charge in [0.1, 0.15) is 38.5 Å². The van der Waals surface area contributed by atoms with E-state index in [1.54, 1.807) is 18.2 Å². The fraction of sp³-hybridized carbons (Fsp3) is 0.412. The summed E-state index contributed by atoms with van der Waals surface area (Å²) in [4.78, 5) is 19.0. The summed E-state index contributed by atoms with van der Waals surface area (Å²) in [7, 11) is 1.70. The van der Waals surface area contributed by atoms with Gasteiger partial charge in [-0.25, -0.2) is 4.98 Å². The smallest absolute Gasteiger partial charge is 0.281 e. The highest BCUT2D eigenvalue weighted by Crippen LogP contribution is 2.11. The molecule has 0 unspecified atom stereocenters. The minimum absolute atomic E-state index is 0.0520. The Morgan fingerprint density at radius 1 is 1.29 bits per heavy atom. The highest BCUT2D eigenvalue weighted by Gasteiger charge is 2.25. The molecule has 1 saturated heterocycles. The molecule has 24 heavy (non-hydrogen) atoms. The lowest BCUT2D eigenvalue weighted by Gasteiger charge is -2.29. The van der Waals surface area contributed by atoms with Crippen LogP contribution >= 0.6 is 11.3 Å². The molecule has 1 aromatic carbocycles. The number of nitrogens with zero attached hydrogens (tertiary/aromatic N) is 1. The van der Waals surface area contributed by atoms with Crippen molar-refractivity contribution in [1.29, 1.82) is 0 Å². The highest BCUT2D eigenvalue weighted by atomic mass is 32.1. The zero-order valence-electron chi connectivity index (χ0n) is 13.9. The highest BCUT2D eigenvalue weighted by molar-refractivity contribution is 7.13. The van der Waals surface area contributed by atoms with Crippen molar-refractivity contribution in [1.82, 2.24) is 4.98 Å². The first-order valence-corrected chi connectivity index (χ1v) is 9.10. The van der Waals surface area contributed by atoms with Crippen molar-refractivity contribution in [3.8, 4) is 5.75 Å². The number of thiazole rings is 1. The lowest BCUT2D eigenvalue weighted by atomic mass is 10.2. The largest absolute Gasteiger partial charge is 0.497 e. The third kappa shape index (κ3) is 4.77. The van der Waals surface area contributed by atoms with E-state index < -0.39 is 0 Å². The van der Waals surface area contributed by atoms with Crippen LogP contribution in [0.4, 0.5) is 5.13 Å². The Balaban J connectivity index is 1.42. The summed E-state index contributed by atoms with van der Waals surface area (Å²) in [6.07, 6.45) is 1.70. The standard InChI is InChI=1S/C17H22N4O2S/c1-23-15-4-2-3-14(11-15)12-20-6-8-21(9-7-20)13-16(22)19-17-18-5-10-24-17/h2-5,10-11H,6-9,12-13H2,1H3,(H,18,19,22)/p+2. The summed E-state index contributed by atoms with van der Waals surface area (Å²) in [6, 6.07) is 8.27. The van der Waals surface area contributed by atoms with E-state index in [2.05, 4.69) is 22.4 Å². The molecule has 3 N–H and O–H groups in total. The van der Waals surface area contributed by atoms with Crippen LogP contribution in [0.1, 0.15) is 5.56 Å². The zero-order valence-corrected chi connectivity index (χ0v) is 14.7. The van der Waals surface area contributed by atoms with E-state index in [0.717, 1.165) is 38.5 Å². The first-order chi connectivity index (χ1) is 11.7. The number of amides is 1. The molecule has 1 aliphatic rings. The van der Waals surface area contributed by atoms with E-state index >= 15 is 0 Å². The SMILES string of the molecule is COc1cccc(C[NH+]2CC[NH+](CC(=O)Nc3nccs3)CC2)c1. The minimum atomic E-state index is 0.0520. The quantitative estimate of drug-likeness (QED) is 0.632. The van der Waals surface area contributed by atoms with Crippen LogP contribution in [0.25, 0.3) is 0 Å². The van der Waals surface area contributed by atoms with Crippen molar-refractivity contribution in [2.24, 2.45) is 0 Å². The van der Waals surface area contributed by atoms with Crippen LogP contribution in [-0.4, -0.2) is 50.7 Å². The van der Waals surface area contributed by atoms with Gasteiger partial charge in [0.15, 0.2) is 11.7 Å². The zero-order chi connectivity index (χ0) is 16.8. The Labute approximate surface area is 146 Å². The van der Waals surface area contributed by atoms with Gasteiger partial charge in [-0.05, 0) is 12.1 Å². The topological polar surface area (TPSA) is 60.1 Å². The molecule has 1 amide bonds. The predicted molar refractivity (Wildman–Crippen MR) is 93.7 cm³/mol.